The van der Waals surface area contributed by atoms with E-state index < -0.39 is 0 Å². The Morgan fingerprint density at radius 1 is 1.27 bits per heavy atom. The number of benzene rings is 1. The van der Waals surface area contributed by atoms with Gasteiger partial charge in [0.15, 0.2) is 0 Å². The molecule has 2 saturated heterocycles. The minimum Gasteiger partial charge on any atom is -0.343 e. The number of rotatable bonds is 4. The second kappa shape index (κ2) is 6.67. The van der Waals surface area contributed by atoms with Gasteiger partial charge in [-0.25, -0.2) is 0 Å². The van der Waals surface area contributed by atoms with Gasteiger partial charge in [-0.2, -0.15) is 0 Å². The maximum atomic E-state index is 13.1. The molecule has 4 nitrogen and oxygen atoms in total. The van der Waals surface area contributed by atoms with E-state index in [0.29, 0.717) is 22.3 Å². The van der Waals surface area contributed by atoms with Gasteiger partial charge in [-0.1, -0.05) is 41.9 Å². The number of fused-ring (bicyclic) bond motifs is 2. The summed E-state index contributed by atoms with van der Waals surface area (Å²) >= 11 is 6.35. The van der Waals surface area contributed by atoms with Crippen molar-refractivity contribution in [3.8, 4) is 0 Å². The smallest absolute Gasteiger partial charge is 0.253 e. The number of aryl methyl sites for hydroxylation is 1. The summed E-state index contributed by atoms with van der Waals surface area (Å²) in [7, 11) is 2.20. The van der Waals surface area contributed by atoms with E-state index >= 15 is 0 Å². The highest BCUT2D eigenvalue weighted by Crippen LogP contribution is 2.51. The van der Waals surface area contributed by atoms with Gasteiger partial charge >= 0.3 is 0 Å². The molecule has 0 saturated carbocycles. The minimum atomic E-state index is -0.132. The first-order valence-corrected chi connectivity index (χ1v) is 9.60. The monoisotopic (exact) mass is 369 g/mol. The molecule has 1 aromatic heterocycles. The Morgan fingerprint density at radius 3 is 2.58 bits per heavy atom. The van der Waals surface area contributed by atoms with Gasteiger partial charge in [0.05, 0.1) is 22.3 Å². The average Bonchev–Trinajstić information content (AvgIpc) is 3.15. The maximum Gasteiger partial charge on any atom is 0.253 e. The predicted octanol–water partition coefficient (Wildman–Crippen LogP) is 4.14. The molecule has 2 aliphatic rings. The number of amides is 1. The maximum absolute atomic E-state index is 13.1. The van der Waals surface area contributed by atoms with Crippen molar-refractivity contribution < 1.29 is 4.79 Å². The van der Waals surface area contributed by atoms with Gasteiger partial charge in [0.25, 0.3) is 5.91 Å². The van der Waals surface area contributed by atoms with Gasteiger partial charge in [-0.3, -0.25) is 14.7 Å². The SMILES string of the molecule is Cc1nccc(C(=O)NC(c2ccccc2)C23CCC(CC2)N3C)c1Cl. The summed E-state index contributed by atoms with van der Waals surface area (Å²) in [6, 6.07) is 12.6. The number of nitrogens with zero attached hydrogens (tertiary/aromatic N) is 2. The van der Waals surface area contributed by atoms with Crippen molar-refractivity contribution in [3.05, 3.63) is 64.4 Å². The van der Waals surface area contributed by atoms with Gasteiger partial charge < -0.3 is 5.32 Å². The molecule has 1 unspecified atom stereocenters. The van der Waals surface area contributed by atoms with Crippen LogP contribution in [-0.2, 0) is 0 Å². The topological polar surface area (TPSA) is 45.2 Å². The van der Waals surface area contributed by atoms with Crippen LogP contribution in [0.1, 0.15) is 53.3 Å². The lowest BCUT2D eigenvalue weighted by Crippen LogP contribution is -2.51. The van der Waals surface area contributed by atoms with Crippen molar-refractivity contribution in [2.45, 2.75) is 50.2 Å². The molecule has 0 spiro atoms. The largest absolute Gasteiger partial charge is 0.343 e. The van der Waals surface area contributed by atoms with Crippen molar-refractivity contribution in [2.24, 2.45) is 0 Å². The first-order chi connectivity index (χ1) is 12.5. The highest BCUT2D eigenvalue weighted by Gasteiger charge is 2.54. The summed E-state index contributed by atoms with van der Waals surface area (Å²) in [5, 5.41) is 3.74. The van der Waals surface area contributed by atoms with Crippen molar-refractivity contribution in [3.63, 3.8) is 0 Å². The summed E-state index contributed by atoms with van der Waals surface area (Å²) in [5.74, 6) is -0.132. The molecule has 1 N–H and O–H groups in total. The second-order valence-electron chi connectivity index (χ2n) is 7.52. The van der Waals surface area contributed by atoms with Crippen LogP contribution in [0.15, 0.2) is 42.6 Å². The number of nitrogens with one attached hydrogen (secondary N) is 1. The summed E-state index contributed by atoms with van der Waals surface area (Å²) in [4.78, 5) is 19.8. The van der Waals surface area contributed by atoms with Crippen LogP contribution in [0, 0.1) is 6.92 Å². The standard InChI is InChI=1S/C21H24ClN3O/c1-14-18(22)17(10-13-23-14)20(26)24-19(15-6-4-3-5-7-15)21-11-8-16(9-12-21)25(21)2/h3-7,10,13,16,19H,8-9,11-12H2,1-2H3,(H,24,26). The van der Waals surface area contributed by atoms with E-state index in [0.717, 1.165) is 18.4 Å². The average molecular weight is 370 g/mol. The highest BCUT2D eigenvalue weighted by molar-refractivity contribution is 6.34. The van der Waals surface area contributed by atoms with Gasteiger partial charge in [0.1, 0.15) is 0 Å². The van der Waals surface area contributed by atoms with Gasteiger partial charge in [-0.05, 0) is 51.3 Å². The predicted molar refractivity (Wildman–Crippen MR) is 103 cm³/mol. The first kappa shape index (κ1) is 17.5. The molecule has 2 bridgehead atoms. The third-order valence-electron chi connectivity index (χ3n) is 6.32. The van der Waals surface area contributed by atoms with E-state index in [9.17, 15) is 4.79 Å². The van der Waals surface area contributed by atoms with Crippen LogP contribution in [-0.4, -0.2) is 34.4 Å². The van der Waals surface area contributed by atoms with Crippen LogP contribution < -0.4 is 5.32 Å². The fraction of sp³-hybridized carbons (Fsp3) is 0.429. The molecule has 4 rings (SSSR count). The molecule has 1 aromatic carbocycles. The number of hydrogen-bond donors (Lipinski definition) is 1. The van der Waals surface area contributed by atoms with Gasteiger partial charge in [-0.15, -0.1) is 0 Å². The number of likely N-dealkylation sites (N-methyl/N-ethyl adjacent to an activating group) is 1. The Bertz CT molecular complexity index is 815. The Morgan fingerprint density at radius 2 is 1.96 bits per heavy atom. The lowest BCUT2D eigenvalue weighted by atomic mass is 9.78. The van der Waals surface area contributed by atoms with E-state index in [2.05, 4.69) is 34.4 Å². The molecule has 2 aliphatic heterocycles. The van der Waals surface area contributed by atoms with E-state index in [4.69, 9.17) is 11.6 Å². The molecule has 136 valence electrons. The number of pyridine rings is 1. The summed E-state index contributed by atoms with van der Waals surface area (Å²) < 4.78 is 0. The molecular formula is C21H24ClN3O. The van der Waals surface area contributed by atoms with E-state index in [1.807, 2.05) is 25.1 Å². The normalized spacial score (nSPS) is 26.0. The van der Waals surface area contributed by atoms with Gasteiger partial charge in [0.2, 0.25) is 0 Å². The Balaban J connectivity index is 1.71. The number of halogens is 1. The summed E-state index contributed by atoms with van der Waals surface area (Å²) in [6.07, 6.45) is 6.25. The van der Waals surface area contributed by atoms with Crippen LogP contribution in [0.3, 0.4) is 0 Å². The van der Waals surface area contributed by atoms with Crippen LogP contribution in [0.25, 0.3) is 0 Å². The zero-order valence-electron chi connectivity index (χ0n) is 15.2. The molecule has 2 fully saturated rings. The van der Waals surface area contributed by atoms with Gasteiger partial charge in [0, 0.05) is 17.8 Å². The van der Waals surface area contributed by atoms with Crippen molar-refractivity contribution in [1.29, 1.82) is 0 Å². The third-order valence-corrected chi connectivity index (χ3v) is 6.80. The lowest BCUT2D eigenvalue weighted by Gasteiger charge is -2.41. The van der Waals surface area contributed by atoms with Crippen LogP contribution in [0.5, 0.6) is 0 Å². The van der Waals surface area contributed by atoms with E-state index in [1.165, 1.54) is 12.8 Å². The zero-order chi connectivity index (χ0) is 18.3. The second-order valence-corrected chi connectivity index (χ2v) is 7.90. The van der Waals surface area contributed by atoms with E-state index in [1.54, 1.807) is 12.3 Å². The molecule has 5 heteroatoms. The third kappa shape index (κ3) is 2.72. The molecule has 1 amide bonds. The molecule has 26 heavy (non-hydrogen) atoms. The summed E-state index contributed by atoms with van der Waals surface area (Å²) in [5.41, 5.74) is 2.30. The lowest BCUT2D eigenvalue weighted by molar-refractivity contribution is 0.0838. The fourth-order valence-corrected chi connectivity index (χ4v) is 5.00. The number of carbonyl (C=O) groups is 1. The van der Waals surface area contributed by atoms with E-state index in [-0.39, 0.29) is 17.5 Å². The number of aromatic nitrogens is 1. The van der Waals surface area contributed by atoms with Crippen LogP contribution in [0.4, 0.5) is 0 Å². The van der Waals surface area contributed by atoms with Crippen molar-refractivity contribution >= 4 is 17.5 Å². The Labute approximate surface area is 159 Å². The van der Waals surface area contributed by atoms with Crippen molar-refractivity contribution in [2.75, 3.05) is 7.05 Å². The quantitative estimate of drug-likeness (QED) is 0.880. The summed E-state index contributed by atoms with van der Waals surface area (Å²) in [6.45, 7) is 1.82. The fourth-order valence-electron chi connectivity index (χ4n) is 4.80. The van der Waals surface area contributed by atoms with Crippen molar-refractivity contribution in [1.82, 2.24) is 15.2 Å². The Kier molecular flexibility index (Phi) is 4.49. The molecule has 0 radical (unpaired) electrons. The molecular weight excluding hydrogens is 346 g/mol. The van der Waals surface area contributed by atoms with Crippen LogP contribution in [0.2, 0.25) is 5.02 Å². The number of hydrogen-bond acceptors (Lipinski definition) is 3. The first-order valence-electron chi connectivity index (χ1n) is 9.23. The highest BCUT2D eigenvalue weighted by atomic mass is 35.5. The molecule has 2 aromatic rings. The molecule has 3 heterocycles. The number of carbonyl (C=O) groups excluding carboxylic acids is 1. The molecule has 0 aliphatic carbocycles. The zero-order valence-corrected chi connectivity index (χ0v) is 16.0. The Hall–Kier alpha value is -1.91. The molecule has 1 atom stereocenters. The minimum absolute atomic E-state index is 0.0176. The van der Waals surface area contributed by atoms with Crippen LogP contribution >= 0.6 is 11.6 Å².